The average molecular weight is 461 g/mol. The number of hydrogen-bond acceptors (Lipinski definition) is 6. The van der Waals surface area contributed by atoms with Crippen LogP contribution < -0.4 is 10.6 Å². The van der Waals surface area contributed by atoms with Crippen LogP contribution in [0.25, 0.3) is 22.2 Å². The topological polar surface area (TPSA) is 121 Å². The minimum Gasteiger partial charge on any atom is -0.387 e. The highest BCUT2D eigenvalue weighted by atomic mass is 19.1. The van der Waals surface area contributed by atoms with Crippen LogP contribution in [0.4, 0.5) is 13.2 Å². The maximum Gasteiger partial charge on any atom is 0.265 e. The molecule has 3 aromatic rings. The molecular weight excluding hydrogens is 439 g/mol. The SMILES string of the molecule is C=C1NCCC1NC(=C)C(O)(O)C(O)(O)c1c(-c2ccc(F)cc2)[nH]c2c(F)cc(F)cc12. The predicted octanol–water partition coefficient (Wildman–Crippen LogP) is 2.05. The lowest BCUT2D eigenvalue weighted by Gasteiger charge is -2.38. The van der Waals surface area contributed by atoms with E-state index < -0.39 is 46.3 Å². The largest absolute Gasteiger partial charge is 0.387 e. The third-order valence-electron chi connectivity index (χ3n) is 5.77. The molecule has 7 nitrogen and oxygen atoms in total. The zero-order chi connectivity index (χ0) is 24.1. The Morgan fingerprint density at radius 1 is 1.03 bits per heavy atom. The molecule has 0 bridgehead atoms. The van der Waals surface area contributed by atoms with Crippen molar-refractivity contribution in [3.05, 3.63) is 84.0 Å². The van der Waals surface area contributed by atoms with Gasteiger partial charge in [-0.15, -0.1) is 0 Å². The molecule has 2 heterocycles. The van der Waals surface area contributed by atoms with Crippen LogP contribution in [0.5, 0.6) is 0 Å². The summed E-state index contributed by atoms with van der Waals surface area (Å²) in [7, 11) is 0. The smallest absolute Gasteiger partial charge is 0.265 e. The summed E-state index contributed by atoms with van der Waals surface area (Å²) in [6.45, 7) is 7.87. The molecule has 0 amide bonds. The summed E-state index contributed by atoms with van der Waals surface area (Å²) >= 11 is 0. The van der Waals surface area contributed by atoms with E-state index >= 15 is 0 Å². The number of rotatable bonds is 6. The summed E-state index contributed by atoms with van der Waals surface area (Å²) in [5.41, 5.74) is -1.04. The van der Waals surface area contributed by atoms with Gasteiger partial charge in [0.15, 0.2) is 0 Å². The summed E-state index contributed by atoms with van der Waals surface area (Å²) in [5.74, 6) is -9.62. The molecule has 7 N–H and O–H groups in total. The molecule has 2 aromatic carbocycles. The molecule has 4 rings (SSSR count). The normalized spacial score (nSPS) is 16.8. The van der Waals surface area contributed by atoms with E-state index in [2.05, 4.69) is 28.8 Å². The Kier molecular flexibility index (Phi) is 5.49. The Hall–Kier alpha value is -3.31. The third-order valence-corrected chi connectivity index (χ3v) is 5.77. The highest BCUT2D eigenvalue weighted by molar-refractivity contribution is 5.92. The molecule has 0 saturated carbocycles. The number of aromatic amines is 1. The van der Waals surface area contributed by atoms with Crippen LogP contribution in [0.15, 0.2) is 61.0 Å². The molecule has 10 heteroatoms. The minimum atomic E-state index is -3.52. The third kappa shape index (κ3) is 3.76. The Bertz CT molecular complexity index is 1250. The van der Waals surface area contributed by atoms with Gasteiger partial charge in [-0.25, -0.2) is 13.2 Å². The molecule has 1 unspecified atom stereocenters. The Morgan fingerprint density at radius 2 is 1.70 bits per heavy atom. The number of aliphatic hydroxyl groups is 4. The molecular formula is C23H22F3N3O4. The monoisotopic (exact) mass is 461 g/mol. The van der Waals surface area contributed by atoms with Gasteiger partial charge in [0.05, 0.1) is 28.5 Å². The molecule has 1 saturated heterocycles. The molecule has 1 aromatic heterocycles. The first-order valence-electron chi connectivity index (χ1n) is 9.98. The first-order chi connectivity index (χ1) is 15.4. The molecule has 1 aliphatic rings. The Morgan fingerprint density at radius 3 is 2.30 bits per heavy atom. The number of nitrogens with one attached hydrogen (secondary N) is 3. The summed E-state index contributed by atoms with van der Waals surface area (Å²) in [4.78, 5) is 2.61. The van der Waals surface area contributed by atoms with Gasteiger partial charge in [0.2, 0.25) is 0 Å². The van der Waals surface area contributed by atoms with Gasteiger partial charge >= 0.3 is 0 Å². The van der Waals surface area contributed by atoms with Gasteiger partial charge in [0.25, 0.3) is 11.6 Å². The van der Waals surface area contributed by atoms with Crippen molar-refractivity contribution in [3.63, 3.8) is 0 Å². The van der Waals surface area contributed by atoms with Crippen LogP contribution in [-0.2, 0) is 5.79 Å². The van der Waals surface area contributed by atoms with E-state index in [0.717, 1.165) is 18.2 Å². The number of halogens is 3. The van der Waals surface area contributed by atoms with E-state index in [1.807, 2.05) is 0 Å². The van der Waals surface area contributed by atoms with Crippen molar-refractivity contribution < 1.29 is 33.6 Å². The lowest BCUT2D eigenvalue weighted by Crippen LogP contribution is -2.57. The lowest BCUT2D eigenvalue weighted by molar-refractivity contribution is -0.348. The first kappa shape index (κ1) is 22.9. The molecule has 1 aliphatic heterocycles. The van der Waals surface area contributed by atoms with Crippen molar-refractivity contribution in [1.29, 1.82) is 0 Å². The van der Waals surface area contributed by atoms with Gasteiger partial charge in [0.1, 0.15) is 17.5 Å². The second-order valence-electron chi connectivity index (χ2n) is 7.95. The van der Waals surface area contributed by atoms with Gasteiger partial charge in [-0.05, 0) is 42.3 Å². The molecule has 33 heavy (non-hydrogen) atoms. The zero-order valence-electron chi connectivity index (χ0n) is 17.3. The van der Waals surface area contributed by atoms with E-state index in [1.165, 1.54) is 12.1 Å². The highest BCUT2D eigenvalue weighted by Crippen LogP contribution is 2.43. The van der Waals surface area contributed by atoms with Crippen LogP contribution in [0.1, 0.15) is 12.0 Å². The van der Waals surface area contributed by atoms with E-state index in [4.69, 9.17) is 0 Å². The standard InChI is InChI=1S/C23H22F3N3O4/c1-11-18(7-8-27-11)28-12(2)22(30,31)23(32,33)19-16-9-15(25)10-17(26)21(16)29-20(19)13-3-5-14(24)6-4-13/h3-6,9-10,18,27-33H,1-2,7-8H2. The van der Waals surface area contributed by atoms with Crippen molar-refractivity contribution in [2.45, 2.75) is 24.0 Å². The lowest BCUT2D eigenvalue weighted by atomic mass is 9.90. The molecule has 1 atom stereocenters. The summed E-state index contributed by atoms with van der Waals surface area (Å²) in [6.07, 6.45) is 0.516. The summed E-state index contributed by atoms with van der Waals surface area (Å²) < 4.78 is 42.0. The number of aromatic nitrogens is 1. The second-order valence-corrected chi connectivity index (χ2v) is 7.95. The predicted molar refractivity (Wildman–Crippen MR) is 115 cm³/mol. The summed E-state index contributed by atoms with van der Waals surface area (Å²) in [5, 5.41) is 49.1. The Balaban J connectivity index is 1.88. The fourth-order valence-electron chi connectivity index (χ4n) is 3.94. The number of benzene rings is 2. The molecule has 174 valence electrons. The molecule has 1 fully saturated rings. The van der Waals surface area contributed by atoms with Gasteiger partial charge in [0, 0.05) is 23.7 Å². The van der Waals surface area contributed by atoms with E-state index in [-0.39, 0.29) is 22.2 Å². The van der Waals surface area contributed by atoms with Crippen LogP contribution in [0, 0.1) is 17.5 Å². The zero-order valence-corrected chi connectivity index (χ0v) is 17.3. The van der Waals surface area contributed by atoms with E-state index in [0.29, 0.717) is 24.7 Å². The maximum atomic E-state index is 14.5. The van der Waals surface area contributed by atoms with Crippen molar-refractivity contribution in [1.82, 2.24) is 15.6 Å². The van der Waals surface area contributed by atoms with Crippen LogP contribution in [0.3, 0.4) is 0 Å². The molecule has 0 spiro atoms. The average Bonchev–Trinajstić information content (AvgIpc) is 3.32. The van der Waals surface area contributed by atoms with E-state index in [9.17, 15) is 33.6 Å². The fraction of sp³-hybridized carbons (Fsp3) is 0.217. The van der Waals surface area contributed by atoms with Gasteiger partial charge in [-0.3, -0.25) is 0 Å². The van der Waals surface area contributed by atoms with Crippen molar-refractivity contribution in [2.75, 3.05) is 6.54 Å². The first-order valence-corrected chi connectivity index (χ1v) is 9.98. The maximum absolute atomic E-state index is 14.5. The molecule has 0 radical (unpaired) electrons. The second kappa shape index (κ2) is 7.92. The minimum absolute atomic E-state index is 0.151. The van der Waals surface area contributed by atoms with Crippen LogP contribution in [-0.4, -0.2) is 43.8 Å². The quantitative estimate of drug-likeness (QED) is 0.282. The van der Waals surface area contributed by atoms with Crippen molar-refractivity contribution >= 4 is 10.9 Å². The van der Waals surface area contributed by atoms with Gasteiger partial charge in [-0.1, -0.05) is 13.2 Å². The number of fused-ring (bicyclic) bond motifs is 1. The number of hydrogen-bond donors (Lipinski definition) is 7. The number of H-pyrrole nitrogens is 1. The Labute approximate surface area is 186 Å². The van der Waals surface area contributed by atoms with Gasteiger partial charge in [-0.2, -0.15) is 0 Å². The van der Waals surface area contributed by atoms with Crippen LogP contribution in [0.2, 0.25) is 0 Å². The van der Waals surface area contributed by atoms with Crippen LogP contribution >= 0.6 is 0 Å². The van der Waals surface area contributed by atoms with Crippen molar-refractivity contribution in [3.8, 4) is 11.3 Å². The molecule has 0 aliphatic carbocycles. The van der Waals surface area contributed by atoms with Gasteiger partial charge < -0.3 is 36.0 Å². The van der Waals surface area contributed by atoms with E-state index in [1.54, 1.807) is 0 Å². The summed E-state index contributed by atoms with van der Waals surface area (Å²) in [6, 6.07) is 5.58. The highest BCUT2D eigenvalue weighted by Gasteiger charge is 2.54. The fourth-order valence-corrected chi connectivity index (χ4v) is 3.94. The van der Waals surface area contributed by atoms with Crippen molar-refractivity contribution in [2.24, 2.45) is 0 Å².